The Hall–Kier alpha value is -2.74. The Kier molecular flexibility index (Phi) is 4.90. The number of hydrogen-bond acceptors (Lipinski definition) is 5. The van der Waals surface area contributed by atoms with E-state index < -0.39 is 6.04 Å². The molecule has 1 saturated heterocycles. The van der Waals surface area contributed by atoms with Crippen molar-refractivity contribution >= 4 is 39.9 Å². The van der Waals surface area contributed by atoms with Crippen LogP contribution in [0.3, 0.4) is 0 Å². The normalized spacial score (nSPS) is 19.1. The second-order valence-electron chi connectivity index (χ2n) is 8.43. The van der Waals surface area contributed by atoms with Gasteiger partial charge in [0.15, 0.2) is 5.13 Å². The van der Waals surface area contributed by atoms with Gasteiger partial charge in [0.1, 0.15) is 12.6 Å². The number of para-hydroxylation sites is 1. The molecule has 1 fully saturated rings. The molecule has 2 aromatic rings. The monoisotopic (exact) mass is 412 g/mol. The Labute approximate surface area is 173 Å². The van der Waals surface area contributed by atoms with Crippen molar-refractivity contribution in [1.29, 1.82) is 0 Å². The summed E-state index contributed by atoms with van der Waals surface area (Å²) in [5.41, 5.74) is 1.75. The molecule has 4 rings (SSSR count). The lowest BCUT2D eigenvalue weighted by Crippen LogP contribution is -2.47. The third-order valence-corrected chi connectivity index (χ3v) is 6.07. The maximum absolute atomic E-state index is 13.2. The molecule has 152 valence electrons. The molecule has 1 atom stereocenters. The first kappa shape index (κ1) is 19.6. The Morgan fingerprint density at radius 3 is 2.76 bits per heavy atom. The number of fused-ring (bicyclic) bond motifs is 2. The van der Waals surface area contributed by atoms with Crippen LogP contribution in [0.4, 0.5) is 10.8 Å². The molecule has 3 heterocycles. The van der Waals surface area contributed by atoms with Crippen LogP contribution in [0.5, 0.6) is 0 Å². The zero-order chi connectivity index (χ0) is 20.8. The average Bonchev–Trinajstić information content (AvgIpc) is 3.33. The molecule has 3 amide bonds. The van der Waals surface area contributed by atoms with Gasteiger partial charge < -0.3 is 15.1 Å². The molecule has 1 aromatic heterocycles. The molecule has 0 spiro atoms. The van der Waals surface area contributed by atoms with E-state index in [1.54, 1.807) is 29.2 Å². The Morgan fingerprint density at radius 1 is 1.28 bits per heavy atom. The summed E-state index contributed by atoms with van der Waals surface area (Å²) in [4.78, 5) is 46.4. The lowest BCUT2D eigenvalue weighted by Gasteiger charge is -2.25. The molecule has 0 bridgehead atoms. The number of amides is 3. The molecular weight excluding hydrogens is 388 g/mol. The summed E-state index contributed by atoms with van der Waals surface area (Å²) in [7, 11) is 0. The SMILES string of the molecule is CC(C)(C)c1csc(NC(=O)CN2C(=O)C3CCCN3C(=O)c3ccccc32)n1. The lowest BCUT2D eigenvalue weighted by molar-refractivity contribution is -0.124. The zero-order valence-electron chi connectivity index (χ0n) is 16.8. The van der Waals surface area contributed by atoms with E-state index in [0.717, 1.165) is 12.1 Å². The number of aromatic nitrogens is 1. The summed E-state index contributed by atoms with van der Waals surface area (Å²) >= 11 is 1.36. The minimum absolute atomic E-state index is 0.106. The van der Waals surface area contributed by atoms with Crippen LogP contribution >= 0.6 is 11.3 Å². The van der Waals surface area contributed by atoms with Gasteiger partial charge in [0, 0.05) is 17.3 Å². The van der Waals surface area contributed by atoms with Crippen LogP contribution in [0.1, 0.15) is 49.7 Å². The third-order valence-electron chi connectivity index (χ3n) is 5.31. The summed E-state index contributed by atoms with van der Waals surface area (Å²) in [6, 6.07) is 6.49. The number of nitrogens with zero attached hydrogens (tertiary/aromatic N) is 3. The van der Waals surface area contributed by atoms with Crippen molar-refractivity contribution in [3.05, 3.63) is 40.9 Å². The van der Waals surface area contributed by atoms with Crippen LogP contribution in [0, 0.1) is 0 Å². The lowest BCUT2D eigenvalue weighted by atomic mass is 9.93. The van der Waals surface area contributed by atoms with Gasteiger partial charge in [-0.2, -0.15) is 0 Å². The molecule has 0 saturated carbocycles. The predicted molar refractivity (Wildman–Crippen MR) is 112 cm³/mol. The summed E-state index contributed by atoms with van der Waals surface area (Å²) in [6.07, 6.45) is 1.41. The van der Waals surface area contributed by atoms with Crippen LogP contribution in [-0.4, -0.2) is 46.7 Å². The maximum Gasteiger partial charge on any atom is 0.256 e. The number of nitrogens with one attached hydrogen (secondary N) is 1. The molecule has 8 heteroatoms. The minimum atomic E-state index is -0.505. The highest BCUT2D eigenvalue weighted by molar-refractivity contribution is 7.14. The minimum Gasteiger partial charge on any atom is -0.327 e. The van der Waals surface area contributed by atoms with Crippen LogP contribution in [0.25, 0.3) is 0 Å². The van der Waals surface area contributed by atoms with Crippen LogP contribution in [0.15, 0.2) is 29.6 Å². The predicted octanol–water partition coefficient (Wildman–Crippen LogP) is 3.03. The van der Waals surface area contributed by atoms with E-state index in [-0.39, 0.29) is 29.7 Å². The average molecular weight is 413 g/mol. The van der Waals surface area contributed by atoms with Gasteiger partial charge in [-0.3, -0.25) is 14.4 Å². The molecule has 29 heavy (non-hydrogen) atoms. The standard InChI is InChI=1S/C21H24N4O3S/c1-21(2,3)16-12-29-20(22-16)23-17(26)11-25-14-8-5-4-7-13(14)18(27)24-10-6-9-15(24)19(25)28/h4-5,7-8,12,15H,6,9-11H2,1-3H3,(H,22,23,26). The molecule has 7 nitrogen and oxygen atoms in total. The molecule has 2 aliphatic rings. The van der Waals surface area contributed by atoms with E-state index >= 15 is 0 Å². The maximum atomic E-state index is 13.2. The zero-order valence-corrected chi connectivity index (χ0v) is 17.6. The van der Waals surface area contributed by atoms with Gasteiger partial charge in [-0.25, -0.2) is 4.98 Å². The molecular formula is C21H24N4O3S. The number of hydrogen-bond donors (Lipinski definition) is 1. The quantitative estimate of drug-likeness (QED) is 0.840. The summed E-state index contributed by atoms with van der Waals surface area (Å²) in [5, 5.41) is 5.24. The van der Waals surface area contributed by atoms with Gasteiger partial charge in [0.05, 0.1) is 16.9 Å². The van der Waals surface area contributed by atoms with Crippen molar-refractivity contribution < 1.29 is 14.4 Å². The Bertz CT molecular complexity index is 978. The highest BCUT2D eigenvalue weighted by atomic mass is 32.1. The molecule has 2 aliphatic heterocycles. The smallest absolute Gasteiger partial charge is 0.256 e. The first-order chi connectivity index (χ1) is 13.8. The van der Waals surface area contributed by atoms with Gasteiger partial charge >= 0.3 is 0 Å². The van der Waals surface area contributed by atoms with Crippen LogP contribution in [-0.2, 0) is 15.0 Å². The van der Waals surface area contributed by atoms with Gasteiger partial charge in [-0.05, 0) is 25.0 Å². The van der Waals surface area contributed by atoms with Crippen molar-refractivity contribution in [1.82, 2.24) is 9.88 Å². The second-order valence-corrected chi connectivity index (χ2v) is 9.29. The topological polar surface area (TPSA) is 82.6 Å². The van der Waals surface area contributed by atoms with Gasteiger partial charge in [-0.1, -0.05) is 32.9 Å². The van der Waals surface area contributed by atoms with E-state index in [1.165, 1.54) is 16.2 Å². The van der Waals surface area contributed by atoms with E-state index in [1.807, 2.05) is 5.38 Å². The fourth-order valence-corrected chi connectivity index (χ4v) is 4.70. The molecule has 1 N–H and O–H groups in total. The van der Waals surface area contributed by atoms with Crippen LogP contribution < -0.4 is 10.2 Å². The van der Waals surface area contributed by atoms with E-state index in [0.29, 0.717) is 29.3 Å². The first-order valence-corrected chi connectivity index (χ1v) is 10.6. The van der Waals surface area contributed by atoms with Gasteiger partial charge in [0.25, 0.3) is 5.91 Å². The number of anilines is 2. The second kappa shape index (κ2) is 7.26. The Morgan fingerprint density at radius 2 is 2.03 bits per heavy atom. The summed E-state index contributed by atoms with van der Waals surface area (Å²) in [6.45, 7) is 6.59. The number of carbonyl (C=O) groups is 3. The van der Waals surface area contributed by atoms with Crippen molar-refractivity contribution in [2.45, 2.75) is 45.1 Å². The first-order valence-electron chi connectivity index (χ1n) is 9.73. The molecule has 0 radical (unpaired) electrons. The van der Waals surface area contributed by atoms with Crippen molar-refractivity contribution in [3.63, 3.8) is 0 Å². The fraction of sp³-hybridized carbons (Fsp3) is 0.429. The third kappa shape index (κ3) is 3.64. The highest BCUT2D eigenvalue weighted by Crippen LogP contribution is 2.32. The van der Waals surface area contributed by atoms with E-state index in [2.05, 4.69) is 31.1 Å². The molecule has 0 aliphatic carbocycles. The number of rotatable bonds is 3. The number of benzene rings is 1. The van der Waals surface area contributed by atoms with E-state index in [9.17, 15) is 14.4 Å². The van der Waals surface area contributed by atoms with Gasteiger partial charge in [-0.15, -0.1) is 11.3 Å². The fourth-order valence-electron chi connectivity index (χ4n) is 3.75. The summed E-state index contributed by atoms with van der Waals surface area (Å²) < 4.78 is 0. The summed E-state index contributed by atoms with van der Waals surface area (Å²) in [5.74, 6) is -0.679. The largest absolute Gasteiger partial charge is 0.327 e. The van der Waals surface area contributed by atoms with Gasteiger partial charge in [0.2, 0.25) is 11.8 Å². The molecule has 1 unspecified atom stereocenters. The van der Waals surface area contributed by atoms with Crippen molar-refractivity contribution in [2.24, 2.45) is 0 Å². The number of thiazole rings is 1. The van der Waals surface area contributed by atoms with Crippen molar-refractivity contribution in [3.8, 4) is 0 Å². The highest BCUT2D eigenvalue weighted by Gasteiger charge is 2.42. The van der Waals surface area contributed by atoms with Crippen LogP contribution in [0.2, 0.25) is 0 Å². The van der Waals surface area contributed by atoms with E-state index in [4.69, 9.17) is 0 Å². The Balaban J connectivity index is 1.59. The molecule has 1 aromatic carbocycles. The van der Waals surface area contributed by atoms with Crippen molar-refractivity contribution in [2.75, 3.05) is 23.3 Å². The number of carbonyl (C=O) groups excluding carboxylic acids is 3.